The first-order valence-electron chi connectivity index (χ1n) is 10.3. The van der Waals surface area contributed by atoms with Gasteiger partial charge in [-0.2, -0.15) is 0 Å². The van der Waals surface area contributed by atoms with Gasteiger partial charge in [-0.05, 0) is 31.4 Å². The highest BCUT2D eigenvalue weighted by Crippen LogP contribution is 2.66. The molecule has 29 heavy (non-hydrogen) atoms. The number of ether oxygens (including phenoxy) is 2. The number of nitrogens with zero attached hydrogens (tertiary/aromatic N) is 2. The molecule has 1 saturated carbocycles. The van der Waals surface area contributed by atoms with E-state index in [1.165, 1.54) is 19.6 Å². The maximum absolute atomic E-state index is 13.7. The normalized spacial score (nSPS) is 35.7. The molecular formula is C23H26N2O4. The molecule has 6 heteroatoms. The van der Waals surface area contributed by atoms with Crippen molar-refractivity contribution in [1.29, 1.82) is 0 Å². The van der Waals surface area contributed by atoms with Gasteiger partial charge < -0.3 is 9.47 Å². The Morgan fingerprint density at radius 1 is 1.34 bits per heavy atom. The van der Waals surface area contributed by atoms with Gasteiger partial charge in [0.2, 0.25) is 0 Å². The summed E-state index contributed by atoms with van der Waals surface area (Å²) in [7, 11) is 1.44. The van der Waals surface area contributed by atoms with Crippen LogP contribution in [0.15, 0.2) is 40.9 Å². The molecule has 3 heterocycles. The predicted octanol–water partition coefficient (Wildman–Crippen LogP) is 2.79. The Bertz CT molecular complexity index is 967. The van der Waals surface area contributed by atoms with Crippen LogP contribution in [0.5, 0.6) is 0 Å². The molecule has 3 aliphatic heterocycles. The number of piperidine rings is 2. The number of benzene rings is 1. The molecule has 0 radical (unpaired) electrons. The van der Waals surface area contributed by atoms with E-state index in [2.05, 4.69) is 17.0 Å². The van der Waals surface area contributed by atoms with Crippen LogP contribution in [0.25, 0.3) is 0 Å². The summed E-state index contributed by atoms with van der Waals surface area (Å²) in [5.41, 5.74) is 2.65. The van der Waals surface area contributed by atoms with E-state index in [1.807, 2.05) is 25.1 Å². The summed E-state index contributed by atoms with van der Waals surface area (Å²) in [6.07, 6.45) is 3.69. The molecule has 3 fully saturated rings. The molecule has 1 aromatic carbocycles. The second-order valence-electron chi connectivity index (χ2n) is 8.55. The first-order valence-corrected chi connectivity index (χ1v) is 10.3. The zero-order valence-corrected chi connectivity index (χ0v) is 17.1. The summed E-state index contributed by atoms with van der Waals surface area (Å²) < 4.78 is 11.1. The molecule has 1 aromatic rings. The molecule has 5 rings (SSSR count). The van der Waals surface area contributed by atoms with Crippen LogP contribution in [0.4, 0.5) is 5.69 Å². The van der Waals surface area contributed by atoms with Crippen molar-refractivity contribution in [2.75, 3.05) is 26.8 Å². The van der Waals surface area contributed by atoms with Crippen LogP contribution < -0.4 is 0 Å². The number of aliphatic imine (C=N–C) groups is 1. The van der Waals surface area contributed by atoms with Crippen molar-refractivity contribution in [3.63, 3.8) is 0 Å². The zero-order chi connectivity index (χ0) is 20.4. The van der Waals surface area contributed by atoms with Crippen molar-refractivity contribution < 1.29 is 19.1 Å². The Kier molecular flexibility index (Phi) is 4.01. The third-order valence-electron chi connectivity index (χ3n) is 7.64. The standard InChI is InChI=1S/C23H26N2O4/c1-4-15-12-25-10-9-22-16-7-5-6-8-18(16)24-20(22)19(25)11-17(15)23(22,21(27)28-3)13-29-14(2)26/h4-8,17,19H,9-13H2,1-3H3/b15-4-/t17-,19+,22-,23+/m1/s1. The van der Waals surface area contributed by atoms with Crippen LogP contribution in [0.3, 0.4) is 0 Å². The molecule has 2 saturated heterocycles. The second-order valence-corrected chi connectivity index (χ2v) is 8.55. The summed E-state index contributed by atoms with van der Waals surface area (Å²) in [5.74, 6) is -0.737. The Balaban J connectivity index is 1.83. The average Bonchev–Trinajstić information content (AvgIpc) is 3.09. The summed E-state index contributed by atoms with van der Waals surface area (Å²) in [6.45, 7) is 5.13. The molecule has 0 unspecified atom stereocenters. The van der Waals surface area contributed by atoms with E-state index < -0.39 is 10.8 Å². The van der Waals surface area contributed by atoms with Crippen LogP contribution in [-0.4, -0.2) is 55.4 Å². The zero-order valence-electron chi connectivity index (χ0n) is 17.1. The Hall–Kier alpha value is -2.47. The van der Waals surface area contributed by atoms with Crippen LogP contribution in [0.1, 0.15) is 32.3 Å². The number of hydrogen-bond donors (Lipinski definition) is 0. The van der Waals surface area contributed by atoms with Gasteiger partial charge in [0.05, 0.1) is 24.3 Å². The second kappa shape index (κ2) is 6.26. The lowest BCUT2D eigenvalue weighted by Crippen LogP contribution is -2.75. The Morgan fingerprint density at radius 3 is 2.86 bits per heavy atom. The van der Waals surface area contributed by atoms with Crippen molar-refractivity contribution in [3.05, 3.63) is 41.5 Å². The van der Waals surface area contributed by atoms with Gasteiger partial charge in [-0.3, -0.25) is 19.5 Å². The highest BCUT2D eigenvalue weighted by atomic mass is 16.5. The third kappa shape index (κ3) is 2.13. The Morgan fingerprint density at radius 2 is 2.14 bits per heavy atom. The van der Waals surface area contributed by atoms with Crippen molar-refractivity contribution in [3.8, 4) is 0 Å². The first kappa shape index (κ1) is 18.6. The third-order valence-corrected chi connectivity index (χ3v) is 7.64. The summed E-state index contributed by atoms with van der Waals surface area (Å²) in [5, 5.41) is 0. The van der Waals surface area contributed by atoms with Gasteiger partial charge >= 0.3 is 11.9 Å². The molecule has 6 nitrogen and oxygen atoms in total. The van der Waals surface area contributed by atoms with E-state index in [0.717, 1.165) is 42.9 Å². The largest absolute Gasteiger partial charge is 0.468 e. The monoisotopic (exact) mass is 394 g/mol. The molecule has 0 amide bonds. The number of rotatable bonds is 3. The SMILES string of the molecule is C/C=C1/CN2CC[C@]34C(=Nc5ccccc53)[C@@H]2C[C@H]1[C@@]4(COC(C)=O)C(=O)OC. The highest BCUT2D eigenvalue weighted by Gasteiger charge is 2.74. The van der Waals surface area contributed by atoms with Gasteiger partial charge in [-0.25, -0.2) is 0 Å². The number of hydrogen-bond acceptors (Lipinski definition) is 6. The molecule has 4 aliphatic rings. The number of carbonyl (C=O) groups is 2. The molecule has 152 valence electrons. The average molecular weight is 394 g/mol. The molecule has 0 N–H and O–H groups in total. The fourth-order valence-electron chi connectivity index (χ4n) is 6.52. The quantitative estimate of drug-likeness (QED) is 0.583. The molecular weight excluding hydrogens is 368 g/mol. The smallest absolute Gasteiger partial charge is 0.317 e. The van der Waals surface area contributed by atoms with E-state index in [0.29, 0.717) is 0 Å². The minimum absolute atomic E-state index is 0.0110. The topological polar surface area (TPSA) is 68.2 Å². The van der Waals surface area contributed by atoms with Gasteiger partial charge in [0.15, 0.2) is 0 Å². The van der Waals surface area contributed by atoms with Crippen LogP contribution in [-0.2, 0) is 24.5 Å². The van der Waals surface area contributed by atoms with Gasteiger partial charge in [-0.15, -0.1) is 0 Å². The maximum atomic E-state index is 13.7. The maximum Gasteiger partial charge on any atom is 0.317 e. The van der Waals surface area contributed by atoms with Crippen LogP contribution >= 0.6 is 0 Å². The number of fused-ring (bicyclic) bond motifs is 2. The van der Waals surface area contributed by atoms with Gasteiger partial charge in [0.1, 0.15) is 12.0 Å². The number of methoxy groups -OCH3 is 1. The van der Waals surface area contributed by atoms with E-state index in [9.17, 15) is 9.59 Å². The van der Waals surface area contributed by atoms with E-state index in [4.69, 9.17) is 14.5 Å². The number of para-hydroxylation sites is 1. The fraction of sp³-hybridized carbons (Fsp3) is 0.522. The van der Waals surface area contributed by atoms with E-state index in [1.54, 1.807) is 0 Å². The lowest BCUT2D eigenvalue weighted by molar-refractivity contribution is -0.176. The first-order chi connectivity index (χ1) is 14.0. The minimum atomic E-state index is -1.01. The van der Waals surface area contributed by atoms with Crippen LogP contribution in [0, 0.1) is 11.3 Å². The Labute approximate surface area is 170 Å². The lowest BCUT2D eigenvalue weighted by atomic mass is 9.43. The summed E-state index contributed by atoms with van der Waals surface area (Å²) in [4.78, 5) is 33.1. The molecule has 4 atom stereocenters. The number of esters is 2. The molecule has 1 aliphatic carbocycles. The van der Waals surface area contributed by atoms with Crippen molar-refractivity contribution in [2.24, 2.45) is 16.3 Å². The van der Waals surface area contributed by atoms with Gasteiger partial charge in [0.25, 0.3) is 0 Å². The number of allylic oxidation sites excluding steroid dienone is 1. The lowest BCUT2D eigenvalue weighted by Gasteiger charge is -2.64. The fourth-order valence-corrected chi connectivity index (χ4v) is 6.52. The highest BCUT2D eigenvalue weighted by molar-refractivity contribution is 6.11. The summed E-state index contributed by atoms with van der Waals surface area (Å²) >= 11 is 0. The van der Waals surface area contributed by atoms with Gasteiger partial charge in [0, 0.05) is 31.6 Å². The molecule has 0 aromatic heterocycles. The molecule has 3 bridgehead atoms. The summed E-state index contributed by atoms with van der Waals surface area (Å²) in [6, 6.07) is 8.31. The van der Waals surface area contributed by atoms with E-state index in [-0.39, 0.29) is 30.5 Å². The van der Waals surface area contributed by atoms with Crippen molar-refractivity contribution in [2.45, 2.75) is 38.1 Å². The molecule has 0 spiro atoms. The van der Waals surface area contributed by atoms with Gasteiger partial charge in [-0.1, -0.05) is 29.8 Å². The van der Waals surface area contributed by atoms with Crippen molar-refractivity contribution >= 4 is 23.3 Å². The minimum Gasteiger partial charge on any atom is -0.468 e. The van der Waals surface area contributed by atoms with Crippen LogP contribution in [0.2, 0.25) is 0 Å². The number of carbonyl (C=O) groups excluding carboxylic acids is 2. The van der Waals surface area contributed by atoms with E-state index >= 15 is 0 Å². The predicted molar refractivity (Wildman–Crippen MR) is 108 cm³/mol. The van der Waals surface area contributed by atoms with Crippen molar-refractivity contribution in [1.82, 2.24) is 4.90 Å².